The Kier molecular flexibility index (Phi) is 10.4. The molecule has 2 aromatic rings. The third-order valence-electron chi connectivity index (χ3n) is 4.81. The highest BCUT2D eigenvalue weighted by molar-refractivity contribution is 5.48. The molecule has 0 saturated heterocycles. The molecule has 0 aromatic heterocycles. The molecule has 3 nitrogen and oxygen atoms in total. The fraction of sp³-hybridized carbons (Fsp3) is 0.500. The number of ether oxygens (including phenoxy) is 1. The molecule has 0 heterocycles. The van der Waals surface area contributed by atoms with Crippen LogP contribution in [0.3, 0.4) is 0 Å². The van der Waals surface area contributed by atoms with Gasteiger partial charge in [0.05, 0.1) is 6.61 Å². The number of rotatable bonds is 14. The van der Waals surface area contributed by atoms with Gasteiger partial charge in [-0.15, -0.1) is 0 Å². The maximum absolute atomic E-state index is 5.89. The lowest BCUT2D eigenvalue weighted by atomic mass is 10.0. The predicted molar refractivity (Wildman–Crippen MR) is 117 cm³/mol. The van der Waals surface area contributed by atoms with Crippen LogP contribution in [0.1, 0.15) is 64.0 Å². The average Bonchev–Trinajstić information content (AvgIpc) is 2.72. The number of nitrogens with one attached hydrogen (secondary N) is 2. The molecule has 1 atom stereocenters. The number of benzene rings is 2. The third kappa shape index (κ3) is 8.49. The van der Waals surface area contributed by atoms with Gasteiger partial charge in [-0.2, -0.15) is 0 Å². The van der Waals surface area contributed by atoms with Crippen molar-refractivity contribution >= 4 is 5.69 Å². The van der Waals surface area contributed by atoms with Gasteiger partial charge in [-0.3, -0.25) is 0 Å². The van der Waals surface area contributed by atoms with Crippen LogP contribution in [-0.4, -0.2) is 19.7 Å². The topological polar surface area (TPSA) is 33.3 Å². The molecule has 0 saturated carbocycles. The molecule has 0 bridgehead atoms. The summed E-state index contributed by atoms with van der Waals surface area (Å²) in [6, 6.07) is 19.4. The first-order valence-corrected chi connectivity index (χ1v) is 10.6. The summed E-state index contributed by atoms with van der Waals surface area (Å²) in [5, 5.41) is 7.13. The van der Waals surface area contributed by atoms with E-state index in [2.05, 4.69) is 73.0 Å². The van der Waals surface area contributed by atoms with Crippen LogP contribution < -0.4 is 15.4 Å². The van der Waals surface area contributed by atoms with E-state index in [0.717, 1.165) is 44.0 Å². The molecule has 0 fully saturated rings. The van der Waals surface area contributed by atoms with Gasteiger partial charge < -0.3 is 15.4 Å². The zero-order chi connectivity index (χ0) is 19.2. The standard InChI is InChI=1S/C24H36N2O/c1-3-5-6-7-11-19-27-23-16-12-15-22(20-23)25-17-18-26-24(4-2)21-13-9-8-10-14-21/h8-10,12-16,20,24-26H,3-7,11,17-19H2,1-2H3. The van der Waals surface area contributed by atoms with Gasteiger partial charge in [0.2, 0.25) is 0 Å². The average molecular weight is 369 g/mol. The number of hydrogen-bond donors (Lipinski definition) is 2. The van der Waals surface area contributed by atoms with Crippen molar-refractivity contribution < 1.29 is 4.74 Å². The Morgan fingerprint density at radius 1 is 0.852 bits per heavy atom. The first-order chi connectivity index (χ1) is 13.3. The molecular formula is C24H36N2O. The summed E-state index contributed by atoms with van der Waals surface area (Å²) < 4.78 is 5.89. The summed E-state index contributed by atoms with van der Waals surface area (Å²) in [5.41, 5.74) is 2.47. The van der Waals surface area contributed by atoms with Gasteiger partial charge in [-0.1, -0.05) is 75.9 Å². The molecule has 27 heavy (non-hydrogen) atoms. The van der Waals surface area contributed by atoms with E-state index in [1.165, 1.54) is 31.2 Å². The molecule has 0 radical (unpaired) electrons. The summed E-state index contributed by atoms with van der Waals surface area (Å²) in [6.07, 6.45) is 7.42. The maximum Gasteiger partial charge on any atom is 0.121 e. The van der Waals surface area contributed by atoms with Crippen LogP contribution in [0.4, 0.5) is 5.69 Å². The van der Waals surface area contributed by atoms with E-state index in [1.54, 1.807) is 0 Å². The van der Waals surface area contributed by atoms with Gasteiger partial charge in [-0.05, 0) is 30.5 Å². The summed E-state index contributed by atoms with van der Waals surface area (Å²) >= 11 is 0. The van der Waals surface area contributed by atoms with E-state index in [9.17, 15) is 0 Å². The summed E-state index contributed by atoms with van der Waals surface area (Å²) in [6.45, 7) is 7.10. The predicted octanol–water partition coefficient (Wildman–Crippen LogP) is 6.19. The second-order valence-corrected chi connectivity index (χ2v) is 7.04. The zero-order valence-corrected chi connectivity index (χ0v) is 17.0. The second-order valence-electron chi connectivity index (χ2n) is 7.04. The minimum Gasteiger partial charge on any atom is -0.494 e. The fourth-order valence-electron chi connectivity index (χ4n) is 3.23. The van der Waals surface area contributed by atoms with Crippen molar-refractivity contribution in [1.29, 1.82) is 0 Å². The van der Waals surface area contributed by atoms with Crippen molar-refractivity contribution in [3.63, 3.8) is 0 Å². The Bertz CT molecular complexity index is 615. The molecule has 3 heteroatoms. The molecular weight excluding hydrogens is 332 g/mol. The Morgan fingerprint density at radius 2 is 1.67 bits per heavy atom. The van der Waals surface area contributed by atoms with E-state index >= 15 is 0 Å². The molecule has 148 valence electrons. The Labute approximate surface area is 165 Å². The van der Waals surface area contributed by atoms with Crippen molar-refractivity contribution in [2.24, 2.45) is 0 Å². The van der Waals surface area contributed by atoms with Crippen LogP contribution in [0.2, 0.25) is 0 Å². The first kappa shape index (κ1) is 21.3. The minimum atomic E-state index is 0.412. The molecule has 0 amide bonds. The summed E-state index contributed by atoms with van der Waals surface area (Å²) in [7, 11) is 0. The Hall–Kier alpha value is -2.00. The Morgan fingerprint density at radius 3 is 2.44 bits per heavy atom. The van der Waals surface area contributed by atoms with Gasteiger partial charge in [0, 0.05) is 30.9 Å². The quantitative estimate of drug-likeness (QED) is 0.390. The Balaban J connectivity index is 1.67. The molecule has 1 unspecified atom stereocenters. The van der Waals surface area contributed by atoms with Crippen molar-refractivity contribution in [3.05, 3.63) is 60.2 Å². The van der Waals surface area contributed by atoms with E-state index in [1.807, 2.05) is 6.07 Å². The molecule has 0 aliphatic heterocycles. The van der Waals surface area contributed by atoms with Crippen molar-refractivity contribution in [3.8, 4) is 5.75 Å². The molecule has 2 N–H and O–H groups in total. The van der Waals surface area contributed by atoms with Gasteiger partial charge in [0.15, 0.2) is 0 Å². The highest BCUT2D eigenvalue weighted by Gasteiger charge is 2.07. The molecule has 0 spiro atoms. The third-order valence-corrected chi connectivity index (χ3v) is 4.81. The molecule has 0 aliphatic rings. The number of hydrogen-bond acceptors (Lipinski definition) is 3. The number of anilines is 1. The van der Waals surface area contributed by atoms with Crippen LogP contribution in [-0.2, 0) is 0 Å². The smallest absolute Gasteiger partial charge is 0.121 e. The highest BCUT2D eigenvalue weighted by atomic mass is 16.5. The summed E-state index contributed by atoms with van der Waals surface area (Å²) in [4.78, 5) is 0. The van der Waals surface area contributed by atoms with Gasteiger partial charge >= 0.3 is 0 Å². The van der Waals surface area contributed by atoms with Crippen molar-refractivity contribution in [2.45, 2.75) is 58.4 Å². The first-order valence-electron chi connectivity index (χ1n) is 10.6. The van der Waals surface area contributed by atoms with Crippen LogP contribution in [0, 0.1) is 0 Å². The molecule has 0 aliphatic carbocycles. The van der Waals surface area contributed by atoms with Crippen LogP contribution in [0.15, 0.2) is 54.6 Å². The van der Waals surface area contributed by atoms with Crippen molar-refractivity contribution in [2.75, 3.05) is 25.0 Å². The van der Waals surface area contributed by atoms with E-state index in [-0.39, 0.29) is 0 Å². The second kappa shape index (κ2) is 13.2. The summed E-state index contributed by atoms with van der Waals surface area (Å²) in [5.74, 6) is 0.958. The monoisotopic (exact) mass is 368 g/mol. The van der Waals surface area contributed by atoms with Gasteiger partial charge in [-0.25, -0.2) is 0 Å². The lowest BCUT2D eigenvalue weighted by Crippen LogP contribution is -2.26. The normalized spacial score (nSPS) is 11.9. The van der Waals surface area contributed by atoms with Gasteiger partial charge in [0.1, 0.15) is 5.75 Å². The van der Waals surface area contributed by atoms with Crippen LogP contribution in [0.25, 0.3) is 0 Å². The lowest BCUT2D eigenvalue weighted by molar-refractivity contribution is 0.304. The van der Waals surface area contributed by atoms with E-state index in [0.29, 0.717) is 6.04 Å². The number of unbranched alkanes of at least 4 members (excludes halogenated alkanes) is 4. The largest absolute Gasteiger partial charge is 0.494 e. The molecule has 2 aromatic carbocycles. The molecule has 2 rings (SSSR count). The van der Waals surface area contributed by atoms with E-state index in [4.69, 9.17) is 4.74 Å². The zero-order valence-electron chi connectivity index (χ0n) is 17.0. The lowest BCUT2D eigenvalue weighted by Gasteiger charge is -2.18. The SMILES string of the molecule is CCCCCCCOc1cccc(NCCNC(CC)c2ccccc2)c1. The van der Waals surface area contributed by atoms with E-state index < -0.39 is 0 Å². The van der Waals surface area contributed by atoms with Crippen LogP contribution >= 0.6 is 0 Å². The highest BCUT2D eigenvalue weighted by Crippen LogP contribution is 2.18. The van der Waals surface area contributed by atoms with Crippen molar-refractivity contribution in [1.82, 2.24) is 5.32 Å². The minimum absolute atomic E-state index is 0.412. The fourth-order valence-corrected chi connectivity index (χ4v) is 3.23. The van der Waals surface area contributed by atoms with Crippen LogP contribution in [0.5, 0.6) is 5.75 Å². The van der Waals surface area contributed by atoms with Gasteiger partial charge in [0.25, 0.3) is 0 Å². The maximum atomic E-state index is 5.89.